The Kier molecular flexibility index (Phi) is 9.92. The molecule has 11 nitrogen and oxygen atoms in total. The number of benzene rings is 4. The monoisotopic (exact) mass is 659 g/mol. The first kappa shape index (κ1) is 32.5. The SMILES string of the molecule is COc1ccc(OC)c(NS(=O)(=O)c2ccc(NC(=O)CN(c3ccc(OC)c(Cl)c3)S(=O)(=O)c3ccc(C)cc3)cc2)c1. The Morgan fingerprint density at radius 3 is 1.98 bits per heavy atom. The molecule has 0 aromatic heterocycles. The number of nitrogens with zero attached hydrogens (tertiary/aromatic N) is 1. The second-order valence-electron chi connectivity index (χ2n) is 9.39. The van der Waals surface area contributed by atoms with Crippen LogP contribution in [0, 0.1) is 6.92 Å². The number of hydrogen-bond donors (Lipinski definition) is 2. The highest BCUT2D eigenvalue weighted by Crippen LogP contribution is 2.33. The number of anilines is 3. The number of hydrogen-bond acceptors (Lipinski definition) is 8. The minimum Gasteiger partial charge on any atom is -0.497 e. The van der Waals surface area contributed by atoms with E-state index in [1.54, 1.807) is 24.3 Å². The summed E-state index contributed by atoms with van der Waals surface area (Å²) in [4.78, 5) is 13.1. The fraction of sp³-hybridized carbons (Fsp3) is 0.167. The van der Waals surface area contributed by atoms with Gasteiger partial charge in [-0.05, 0) is 73.7 Å². The molecular weight excluding hydrogens is 630 g/mol. The van der Waals surface area contributed by atoms with Gasteiger partial charge in [-0.15, -0.1) is 0 Å². The second kappa shape index (κ2) is 13.5. The molecule has 2 N–H and O–H groups in total. The molecule has 14 heteroatoms. The summed E-state index contributed by atoms with van der Waals surface area (Å²) in [5, 5.41) is 2.78. The second-order valence-corrected chi connectivity index (χ2v) is 13.3. The molecule has 4 rings (SSSR count). The third kappa shape index (κ3) is 7.36. The fourth-order valence-corrected chi connectivity index (χ4v) is 6.83. The Hall–Kier alpha value is -4.46. The molecule has 4 aromatic carbocycles. The Balaban J connectivity index is 1.56. The van der Waals surface area contributed by atoms with E-state index < -0.39 is 32.5 Å². The van der Waals surface area contributed by atoms with Gasteiger partial charge in [0.2, 0.25) is 5.91 Å². The molecule has 0 atom stereocenters. The van der Waals surface area contributed by atoms with Gasteiger partial charge in [0.15, 0.2) is 0 Å². The normalized spacial score (nSPS) is 11.4. The predicted octanol–water partition coefficient (Wildman–Crippen LogP) is 5.31. The van der Waals surface area contributed by atoms with E-state index in [4.69, 9.17) is 25.8 Å². The zero-order valence-corrected chi connectivity index (χ0v) is 26.6. The van der Waals surface area contributed by atoms with Crippen LogP contribution >= 0.6 is 11.6 Å². The number of rotatable bonds is 12. The lowest BCUT2D eigenvalue weighted by Crippen LogP contribution is -2.38. The summed E-state index contributed by atoms with van der Waals surface area (Å²) < 4.78 is 72.4. The fourth-order valence-electron chi connectivity index (χ4n) is 4.11. The van der Waals surface area contributed by atoms with Crippen LogP contribution in [0.2, 0.25) is 5.02 Å². The van der Waals surface area contributed by atoms with Gasteiger partial charge < -0.3 is 19.5 Å². The summed E-state index contributed by atoms with van der Waals surface area (Å²) in [7, 11) is -3.94. The summed E-state index contributed by atoms with van der Waals surface area (Å²) in [6, 6.07) is 20.6. The number of amides is 1. The van der Waals surface area contributed by atoms with Gasteiger partial charge in [0.05, 0.1) is 47.5 Å². The van der Waals surface area contributed by atoms with E-state index in [1.165, 1.54) is 82.0 Å². The molecule has 0 saturated heterocycles. The highest BCUT2D eigenvalue weighted by molar-refractivity contribution is 7.93. The number of sulfonamides is 2. The summed E-state index contributed by atoms with van der Waals surface area (Å²) >= 11 is 6.28. The Morgan fingerprint density at radius 1 is 0.773 bits per heavy atom. The lowest BCUT2D eigenvalue weighted by atomic mass is 10.2. The summed E-state index contributed by atoms with van der Waals surface area (Å²) in [6.07, 6.45) is 0. The van der Waals surface area contributed by atoms with Crippen molar-refractivity contribution in [3.05, 3.63) is 95.5 Å². The Morgan fingerprint density at radius 2 is 1.39 bits per heavy atom. The van der Waals surface area contributed by atoms with Gasteiger partial charge >= 0.3 is 0 Å². The number of aryl methyl sites for hydroxylation is 1. The van der Waals surface area contributed by atoms with Crippen LogP contribution in [0.25, 0.3) is 0 Å². The van der Waals surface area contributed by atoms with Gasteiger partial charge in [0.1, 0.15) is 23.8 Å². The van der Waals surface area contributed by atoms with E-state index in [0.29, 0.717) is 17.2 Å². The first-order valence-electron chi connectivity index (χ1n) is 13.0. The molecule has 0 bridgehead atoms. The van der Waals surface area contributed by atoms with Crippen molar-refractivity contribution < 1.29 is 35.8 Å². The maximum absolute atomic E-state index is 13.7. The van der Waals surface area contributed by atoms with E-state index in [0.717, 1.165) is 9.87 Å². The molecule has 0 heterocycles. The first-order valence-corrected chi connectivity index (χ1v) is 16.3. The van der Waals surface area contributed by atoms with Crippen LogP contribution in [0.1, 0.15) is 5.56 Å². The Labute approximate surface area is 261 Å². The molecule has 0 unspecified atom stereocenters. The van der Waals surface area contributed by atoms with Gasteiger partial charge in [-0.1, -0.05) is 29.3 Å². The smallest absolute Gasteiger partial charge is 0.264 e. The van der Waals surface area contributed by atoms with Gasteiger partial charge in [0.25, 0.3) is 20.0 Å². The van der Waals surface area contributed by atoms with Crippen LogP contribution in [-0.4, -0.2) is 50.6 Å². The summed E-state index contributed by atoms with van der Waals surface area (Å²) in [5.41, 5.74) is 1.43. The summed E-state index contributed by atoms with van der Waals surface area (Å²) in [5.74, 6) is 0.378. The largest absolute Gasteiger partial charge is 0.497 e. The van der Waals surface area contributed by atoms with Crippen molar-refractivity contribution in [2.24, 2.45) is 0 Å². The van der Waals surface area contributed by atoms with Gasteiger partial charge in [-0.3, -0.25) is 13.8 Å². The van der Waals surface area contributed by atoms with Crippen LogP contribution < -0.4 is 28.6 Å². The lowest BCUT2D eigenvalue weighted by molar-refractivity contribution is -0.114. The molecule has 0 fully saturated rings. The molecule has 0 aliphatic carbocycles. The predicted molar refractivity (Wildman–Crippen MR) is 169 cm³/mol. The van der Waals surface area contributed by atoms with Crippen molar-refractivity contribution in [1.29, 1.82) is 0 Å². The van der Waals surface area contributed by atoms with E-state index in [9.17, 15) is 21.6 Å². The highest BCUT2D eigenvalue weighted by Gasteiger charge is 2.28. The molecule has 232 valence electrons. The molecule has 0 saturated carbocycles. The molecule has 44 heavy (non-hydrogen) atoms. The number of methoxy groups -OCH3 is 3. The molecule has 1 amide bonds. The topological polar surface area (TPSA) is 140 Å². The van der Waals surface area contributed by atoms with Crippen LogP contribution in [0.4, 0.5) is 17.1 Å². The van der Waals surface area contributed by atoms with E-state index in [2.05, 4.69) is 10.0 Å². The molecule has 0 spiro atoms. The molecule has 0 aliphatic rings. The van der Waals surface area contributed by atoms with E-state index >= 15 is 0 Å². The van der Waals surface area contributed by atoms with E-state index in [-0.39, 0.29) is 31.9 Å². The zero-order valence-electron chi connectivity index (χ0n) is 24.2. The first-order chi connectivity index (χ1) is 20.9. The zero-order chi connectivity index (χ0) is 32.1. The maximum atomic E-state index is 13.7. The van der Waals surface area contributed by atoms with Gasteiger partial charge in [0, 0.05) is 11.8 Å². The van der Waals surface area contributed by atoms with Gasteiger partial charge in [-0.25, -0.2) is 16.8 Å². The minimum absolute atomic E-state index is 0.0161. The number of nitrogens with one attached hydrogen (secondary N) is 2. The molecule has 0 aliphatic heterocycles. The van der Waals surface area contributed by atoms with Crippen LogP contribution in [0.3, 0.4) is 0 Å². The van der Waals surface area contributed by atoms with Crippen molar-refractivity contribution in [3.8, 4) is 17.2 Å². The highest BCUT2D eigenvalue weighted by atomic mass is 35.5. The summed E-state index contributed by atoms with van der Waals surface area (Å²) in [6.45, 7) is 1.23. The number of halogens is 1. The molecule has 4 aromatic rings. The molecule has 0 radical (unpaired) electrons. The average Bonchev–Trinajstić information content (AvgIpc) is 3.00. The number of carbonyl (C=O) groups excluding carboxylic acids is 1. The maximum Gasteiger partial charge on any atom is 0.264 e. The van der Waals surface area contributed by atoms with Crippen molar-refractivity contribution in [2.45, 2.75) is 16.7 Å². The van der Waals surface area contributed by atoms with Crippen LogP contribution in [0.15, 0.2) is 94.7 Å². The lowest BCUT2D eigenvalue weighted by Gasteiger charge is -2.24. The minimum atomic E-state index is -4.19. The molecular formula is C30H30ClN3O8S2. The standard InChI is InChI=1S/C30H30ClN3O8S2/c1-20-5-11-25(12-6-20)44(38,39)34(22-9-15-28(41-3)26(31)17-22)19-30(35)32-21-7-13-24(14-8-21)43(36,37)33-27-18-23(40-2)10-16-29(27)42-4/h5-18,33H,19H2,1-4H3,(H,32,35). The van der Waals surface area contributed by atoms with Crippen molar-refractivity contribution in [3.63, 3.8) is 0 Å². The number of carbonyl (C=O) groups is 1. The van der Waals surface area contributed by atoms with E-state index in [1.807, 2.05) is 6.92 Å². The quantitative estimate of drug-likeness (QED) is 0.209. The average molecular weight is 660 g/mol. The Bertz CT molecular complexity index is 1870. The third-order valence-corrected chi connectivity index (χ3v) is 9.88. The third-order valence-electron chi connectivity index (χ3n) is 6.42. The van der Waals surface area contributed by atoms with Gasteiger partial charge in [-0.2, -0.15) is 0 Å². The van der Waals surface area contributed by atoms with Crippen molar-refractivity contribution in [2.75, 3.05) is 42.2 Å². The van der Waals surface area contributed by atoms with Crippen molar-refractivity contribution >= 4 is 54.6 Å². The van der Waals surface area contributed by atoms with Crippen LogP contribution in [-0.2, 0) is 24.8 Å². The van der Waals surface area contributed by atoms with Crippen LogP contribution in [0.5, 0.6) is 17.2 Å². The number of ether oxygens (including phenoxy) is 3. The van der Waals surface area contributed by atoms with Crippen molar-refractivity contribution in [1.82, 2.24) is 0 Å².